The molecule has 0 heterocycles. The third-order valence-corrected chi connectivity index (χ3v) is 4.45. The first-order valence-electron chi connectivity index (χ1n) is 8.61. The topological polar surface area (TPSA) is 41.6 Å². The highest BCUT2D eigenvalue weighted by atomic mass is 35.5. The van der Waals surface area contributed by atoms with Gasteiger partial charge in [0.05, 0.1) is 5.56 Å². The van der Waals surface area contributed by atoms with Gasteiger partial charge in [-0.1, -0.05) is 55.8 Å². The molecule has 0 radical (unpaired) electrons. The molecular weight excluding hydrogens is 336 g/mol. The number of halogens is 1. The summed E-state index contributed by atoms with van der Waals surface area (Å²) in [4.78, 5) is 14.7. The normalized spacial score (nSPS) is 10.7. The molecule has 0 bridgehead atoms. The summed E-state index contributed by atoms with van der Waals surface area (Å²) in [6.45, 7) is 7.95. The van der Waals surface area contributed by atoms with Crippen LogP contribution in [0.3, 0.4) is 0 Å². The van der Waals surface area contributed by atoms with Crippen LogP contribution in [0.4, 0.5) is 0 Å². The number of carbonyl (C=O) groups is 1. The number of likely N-dealkylation sites (N-methyl/N-ethyl adjacent to an activating group) is 1. The Morgan fingerprint density at radius 1 is 1.08 bits per heavy atom. The highest BCUT2D eigenvalue weighted by molar-refractivity contribution is 6.31. The minimum Gasteiger partial charge on any atom is -0.488 e. The molecule has 2 aromatic rings. The fourth-order valence-corrected chi connectivity index (χ4v) is 2.70. The average Bonchev–Trinajstić information content (AvgIpc) is 2.64. The first-order chi connectivity index (χ1) is 12.2. The molecule has 2 rings (SSSR count). The number of ether oxygens (including phenoxy) is 1. The number of nitrogens with one attached hydrogen (secondary N) is 1. The molecule has 0 spiro atoms. The third-order valence-electron chi connectivity index (χ3n) is 4.08. The summed E-state index contributed by atoms with van der Waals surface area (Å²) in [5.41, 5.74) is 1.43. The summed E-state index contributed by atoms with van der Waals surface area (Å²) in [6, 6.07) is 14.8. The maximum absolute atomic E-state index is 12.5. The van der Waals surface area contributed by atoms with Crippen molar-refractivity contribution in [3.05, 3.63) is 64.7 Å². The van der Waals surface area contributed by atoms with Crippen molar-refractivity contribution >= 4 is 17.5 Å². The van der Waals surface area contributed by atoms with Crippen LogP contribution in [0.15, 0.2) is 48.5 Å². The predicted octanol–water partition coefficient (Wildman–Crippen LogP) is 3.99. The lowest BCUT2D eigenvalue weighted by Crippen LogP contribution is -2.34. The number of nitrogens with zero attached hydrogens (tertiary/aromatic N) is 1. The number of rotatable bonds is 9. The first-order valence-corrected chi connectivity index (χ1v) is 8.99. The predicted molar refractivity (Wildman–Crippen MR) is 102 cm³/mol. The number of para-hydroxylation sites is 1. The van der Waals surface area contributed by atoms with E-state index in [9.17, 15) is 4.79 Å². The number of hydrogen-bond donors (Lipinski definition) is 1. The minimum atomic E-state index is -0.123. The molecule has 0 aromatic heterocycles. The molecule has 2 aromatic carbocycles. The van der Waals surface area contributed by atoms with E-state index in [0.29, 0.717) is 29.5 Å². The van der Waals surface area contributed by atoms with Crippen LogP contribution in [0.5, 0.6) is 5.75 Å². The largest absolute Gasteiger partial charge is 0.488 e. The summed E-state index contributed by atoms with van der Waals surface area (Å²) in [5.74, 6) is 0.435. The molecule has 0 saturated heterocycles. The van der Waals surface area contributed by atoms with E-state index in [1.807, 2.05) is 36.4 Å². The van der Waals surface area contributed by atoms with Crippen molar-refractivity contribution in [3.8, 4) is 5.75 Å². The van der Waals surface area contributed by atoms with Gasteiger partial charge in [0.2, 0.25) is 0 Å². The van der Waals surface area contributed by atoms with E-state index in [-0.39, 0.29) is 5.91 Å². The van der Waals surface area contributed by atoms with Gasteiger partial charge in [0, 0.05) is 23.7 Å². The van der Waals surface area contributed by atoms with Crippen molar-refractivity contribution in [2.45, 2.75) is 20.5 Å². The van der Waals surface area contributed by atoms with Crippen molar-refractivity contribution in [2.75, 3.05) is 26.2 Å². The second kappa shape index (κ2) is 10.1. The number of amides is 1. The summed E-state index contributed by atoms with van der Waals surface area (Å²) in [6.07, 6.45) is 0. The molecule has 0 saturated carbocycles. The van der Waals surface area contributed by atoms with E-state index in [2.05, 4.69) is 24.1 Å². The molecule has 134 valence electrons. The number of hydrogen-bond acceptors (Lipinski definition) is 3. The number of carbonyl (C=O) groups excluding carboxylic acids is 1. The van der Waals surface area contributed by atoms with Gasteiger partial charge in [-0.3, -0.25) is 4.79 Å². The smallest absolute Gasteiger partial charge is 0.255 e. The van der Waals surface area contributed by atoms with Gasteiger partial charge in [0.15, 0.2) is 0 Å². The van der Waals surface area contributed by atoms with E-state index in [1.54, 1.807) is 12.1 Å². The van der Waals surface area contributed by atoms with Crippen molar-refractivity contribution in [1.82, 2.24) is 10.2 Å². The molecule has 5 heteroatoms. The highest BCUT2D eigenvalue weighted by Crippen LogP contribution is 2.21. The Morgan fingerprint density at radius 2 is 1.76 bits per heavy atom. The minimum absolute atomic E-state index is 0.123. The standard InChI is InChI=1S/C20H25ClN2O2/c1-3-23(4-2)14-13-22-20(24)17-10-6-8-12-19(17)25-15-16-9-5-7-11-18(16)21/h5-12H,3-4,13-15H2,1-2H3,(H,22,24). The van der Waals surface area contributed by atoms with E-state index >= 15 is 0 Å². The Balaban J connectivity index is 1.97. The fraction of sp³-hybridized carbons (Fsp3) is 0.350. The molecular formula is C20H25ClN2O2. The van der Waals surface area contributed by atoms with Crippen LogP contribution >= 0.6 is 11.6 Å². The van der Waals surface area contributed by atoms with Crippen LogP contribution in [0.1, 0.15) is 29.8 Å². The summed E-state index contributed by atoms with van der Waals surface area (Å²) in [7, 11) is 0. The van der Waals surface area contributed by atoms with Crippen molar-refractivity contribution in [1.29, 1.82) is 0 Å². The second-order valence-electron chi connectivity index (χ2n) is 5.66. The zero-order chi connectivity index (χ0) is 18.1. The molecule has 0 aliphatic carbocycles. The van der Waals surface area contributed by atoms with Gasteiger partial charge >= 0.3 is 0 Å². The van der Waals surface area contributed by atoms with Crippen molar-refractivity contribution < 1.29 is 9.53 Å². The molecule has 0 aliphatic heterocycles. The summed E-state index contributed by atoms with van der Waals surface area (Å²) < 4.78 is 5.84. The van der Waals surface area contributed by atoms with E-state index in [0.717, 1.165) is 25.2 Å². The monoisotopic (exact) mass is 360 g/mol. The van der Waals surface area contributed by atoms with Gasteiger partial charge in [-0.2, -0.15) is 0 Å². The Labute approximate surface area is 154 Å². The zero-order valence-corrected chi connectivity index (χ0v) is 15.6. The van der Waals surface area contributed by atoms with Crippen LogP contribution in [-0.4, -0.2) is 37.0 Å². The molecule has 0 fully saturated rings. The maximum Gasteiger partial charge on any atom is 0.255 e. The van der Waals surface area contributed by atoms with Crippen LogP contribution < -0.4 is 10.1 Å². The maximum atomic E-state index is 12.5. The Bertz CT molecular complexity index is 687. The van der Waals surface area contributed by atoms with Gasteiger partial charge in [-0.15, -0.1) is 0 Å². The molecule has 0 unspecified atom stereocenters. The van der Waals surface area contributed by atoms with Crippen LogP contribution in [0.2, 0.25) is 5.02 Å². The lowest BCUT2D eigenvalue weighted by Gasteiger charge is -2.18. The van der Waals surface area contributed by atoms with E-state index in [1.165, 1.54) is 0 Å². The molecule has 0 aliphatic rings. The number of benzene rings is 2. The molecule has 25 heavy (non-hydrogen) atoms. The van der Waals surface area contributed by atoms with Crippen molar-refractivity contribution in [3.63, 3.8) is 0 Å². The van der Waals surface area contributed by atoms with E-state index in [4.69, 9.17) is 16.3 Å². The second-order valence-corrected chi connectivity index (χ2v) is 6.07. The van der Waals surface area contributed by atoms with Gasteiger partial charge in [-0.05, 0) is 31.3 Å². The highest BCUT2D eigenvalue weighted by Gasteiger charge is 2.12. The fourth-order valence-electron chi connectivity index (χ4n) is 2.51. The third kappa shape index (κ3) is 5.76. The summed E-state index contributed by atoms with van der Waals surface area (Å²) >= 11 is 6.15. The quantitative estimate of drug-likeness (QED) is 0.735. The Hall–Kier alpha value is -2.04. The van der Waals surface area contributed by atoms with E-state index < -0.39 is 0 Å². The summed E-state index contributed by atoms with van der Waals surface area (Å²) in [5, 5.41) is 3.62. The average molecular weight is 361 g/mol. The molecule has 4 nitrogen and oxygen atoms in total. The van der Waals surface area contributed by atoms with Gasteiger partial charge in [0.1, 0.15) is 12.4 Å². The van der Waals surface area contributed by atoms with Gasteiger partial charge < -0.3 is 15.0 Å². The molecule has 1 N–H and O–H groups in total. The van der Waals surface area contributed by atoms with Crippen LogP contribution in [0.25, 0.3) is 0 Å². The lowest BCUT2D eigenvalue weighted by atomic mass is 10.2. The van der Waals surface area contributed by atoms with Crippen molar-refractivity contribution in [2.24, 2.45) is 0 Å². The van der Waals surface area contributed by atoms with Gasteiger partial charge in [0.25, 0.3) is 5.91 Å². The zero-order valence-electron chi connectivity index (χ0n) is 14.8. The first kappa shape index (κ1) is 19.3. The van der Waals surface area contributed by atoms with Crippen LogP contribution in [-0.2, 0) is 6.61 Å². The van der Waals surface area contributed by atoms with Crippen LogP contribution in [0, 0.1) is 0 Å². The Kier molecular flexibility index (Phi) is 7.76. The van der Waals surface area contributed by atoms with Gasteiger partial charge in [-0.25, -0.2) is 0 Å². The SMILES string of the molecule is CCN(CC)CCNC(=O)c1ccccc1OCc1ccccc1Cl. The molecule has 1 amide bonds. The molecule has 0 atom stereocenters. The lowest BCUT2D eigenvalue weighted by molar-refractivity contribution is 0.0944. The Morgan fingerprint density at radius 3 is 2.48 bits per heavy atom.